The van der Waals surface area contributed by atoms with E-state index in [0.29, 0.717) is 5.69 Å². The maximum atomic E-state index is 13.2. The lowest BCUT2D eigenvalue weighted by molar-refractivity contribution is -0.142. The van der Waals surface area contributed by atoms with E-state index >= 15 is 0 Å². The van der Waals surface area contributed by atoms with Crippen molar-refractivity contribution in [3.63, 3.8) is 0 Å². The maximum Gasteiger partial charge on any atom is 0.326 e. The molecule has 0 saturated heterocycles. The monoisotopic (exact) mass is 497 g/mol. The van der Waals surface area contributed by atoms with Gasteiger partial charge in [0.05, 0.1) is 18.9 Å². The number of hydrogen-bond acceptors (Lipinski definition) is 6. The second-order valence-corrected chi connectivity index (χ2v) is 8.85. The Balaban J connectivity index is 1.74. The molecule has 3 rings (SSSR count). The molecule has 0 aliphatic heterocycles. The third kappa shape index (κ3) is 6.92. The van der Waals surface area contributed by atoms with Crippen LogP contribution in [0, 0.1) is 5.92 Å². The van der Waals surface area contributed by atoms with E-state index in [4.69, 9.17) is 5.73 Å². The van der Waals surface area contributed by atoms with Crippen molar-refractivity contribution >= 4 is 34.6 Å². The van der Waals surface area contributed by atoms with Gasteiger partial charge in [0.1, 0.15) is 12.1 Å². The highest BCUT2D eigenvalue weighted by Gasteiger charge is 2.28. The van der Waals surface area contributed by atoms with Crippen LogP contribution in [0.5, 0.6) is 0 Å². The van der Waals surface area contributed by atoms with E-state index in [1.807, 2.05) is 24.3 Å². The van der Waals surface area contributed by atoms with Crippen molar-refractivity contribution in [2.75, 3.05) is 6.54 Å². The van der Waals surface area contributed by atoms with Gasteiger partial charge in [-0.3, -0.25) is 14.4 Å². The summed E-state index contributed by atoms with van der Waals surface area (Å²) in [6, 6.07) is 4.36. The molecule has 0 radical (unpaired) electrons. The minimum absolute atomic E-state index is 0.0159. The second kappa shape index (κ2) is 12.0. The molecule has 12 heteroatoms. The number of fused-ring (bicyclic) bond motifs is 1. The van der Waals surface area contributed by atoms with E-state index < -0.39 is 41.8 Å². The molecule has 2 heterocycles. The number of carboxylic acids is 1. The second-order valence-electron chi connectivity index (χ2n) is 8.85. The van der Waals surface area contributed by atoms with Gasteiger partial charge >= 0.3 is 5.97 Å². The summed E-state index contributed by atoms with van der Waals surface area (Å²) in [6.45, 7) is 3.19. The number of nitrogens with zero attached hydrogens (tertiary/aromatic N) is 1. The number of carbonyl (C=O) groups is 4. The number of carbonyl (C=O) groups excluding carboxylic acids is 3. The number of aromatic nitrogens is 3. The van der Waals surface area contributed by atoms with Crippen LogP contribution in [0.4, 0.5) is 0 Å². The average molecular weight is 498 g/mol. The molecule has 3 aromatic rings. The van der Waals surface area contributed by atoms with Crippen LogP contribution >= 0.6 is 0 Å². The molecule has 0 aliphatic rings. The molecule has 3 unspecified atom stereocenters. The summed E-state index contributed by atoms with van der Waals surface area (Å²) in [5.41, 5.74) is 7.95. The Morgan fingerprint density at radius 2 is 1.78 bits per heavy atom. The third-order valence-electron chi connectivity index (χ3n) is 5.79. The van der Waals surface area contributed by atoms with Gasteiger partial charge < -0.3 is 36.8 Å². The first-order valence-corrected chi connectivity index (χ1v) is 11.5. The molecule has 1 aromatic carbocycles. The van der Waals surface area contributed by atoms with Crippen molar-refractivity contribution in [2.24, 2.45) is 11.7 Å². The topological polar surface area (TPSA) is 195 Å². The standard InChI is InChI=1S/C24H31N7O5/c1-13(2)21(25)23(34)28-11-20(32)30-18(7-14-9-27-17-6-4-3-5-16(14)17)22(33)31-19(24(35)36)8-15-10-26-12-29-15/h3-6,9-10,12-13,18-19,21,27H,7-8,11,25H2,1-2H3,(H,26,29)(H,28,34)(H,30,32)(H,31,33)(H,35,36). The van der Waals surface area contributed by atoms with Crippen molar-refractivity contribution in [3.05, 3.63) is 54.2 Å². The Labute approximate surface area is 207 Å². The van der Waals surface area contributed by atoms with Gasteiger partial charge in [0.25, 0.3) is 0 Å². The number of nitrogens with one attached hydrogen (secondary N) is 5. The number of carboxylic acid groups (broad SMARTS) is 1. The first-order chi connectivity index (χ1) is 17.2. The number of para-hydroxylation sites is 1. The number of H-pyrrole nitrogens is 2. The maximum absolute atomic E-state index is 13.2. The predicted octanol–water partition coefficient (Wildman–Crippen LogP) is -0.170. The molecule has 3 amide bonds. The Morgan fingerprint density at radius 1 is 1.03 bits per heavy atom. The summed E-state index contributed by atoms with van der Waals surface area (Å²) in [6.07, 6.45) is 4.70. The van der Waals surface area contributed by atoms with Crippen molar-refractivity contribution in [3.8, 4) is 0 Å². The number of rotatable bonds is 12. The van der Waals surface area contributed by atoms with E-state index in [-0.39, 0.29) is 25.3 Å². The lowest BCUT2D eigenvalue weighted by Gasteiger charge is -2.22. The summed E-state index contributed by atoms with van der Waals surface area (Å²) in [4.78, 5) is 59.5. The molecule has 8 N–H and O–H groups in total. The van der Waals surface area contributed by atoms with Crippen LogP contribution in [0.3, 0.4) is 0 Å². The molecule has 0 fully saturated rings. The lowest BCUT2D eigenvalue weighted by atomic mass is 10.0. The quantitative estimate of drug-likeness (QED) is 0.180. The predicted molar refractivity (Wildman–Crippen MR) is 132 cm³/mol. The van der Waals surface area contributed by atoms with Crippen molar-refractivity contribution < 1.29 is 24.3 Å². The van der Waals surface area contributed by atoms with E-state index in [2.05, 4.69) is 30.9 Å². The fraction of sp³-hybridized carbons (Fsp3) is 0.375. The number of nitrogens with two attached hydrogens (primary N) is 1. The Kier molecular flexibility index (Phi) is 8.79. The smallest absolute Gasteiger partial charge is 0.326 e. The SMILES string of the molecule is CC(C)C(N)C(=O)NCC(=O)NC(Cc1c[nH]c2ccccc12)C(=O)NC(Cc1cnc[nH]1)C(=O)O. The van der Waals surface area contributed by atoms with E-state index in [9.17, 15) is 24.3 Å². The number of benzene rings is 1. The van der Waals surface area contributed by atoms with Gasteiger partial charge in [-0.25, -0.2) is 9.78 Å². The highest BCUT2D eigenvalue weighted by atomic mass is 16.4. The zero-order valence-electron chi connectivity index (χ0n) is 20.1. The zero-order chi connectivity index (χ0) is 26.2. The van der Waals surface area contributed by atoms with Gasteiger partial charge in [-0.15, -0.1) is 0 Å². The van der Waals surface area contributed by atoms with Crippen molar-refractivity contribution in [1.29, 1.82) is 0 Å². The molecular weight excluding hydrogens is 466 g/mol. The highest BCUT2D eigenvalue weighted by Crippen LogP contribution is 2.19. The van der Waals surface area contributed by atoms with Gasteiger partial charge in [-0.2, -0.15) is 0 Å². The molecule has 192 valence electrons. The van der Waals surface area contributed by atoms with E-state index in [1.165, 1.54) is 12.5 Å². The van der Waals surface area contributed by atoms with Crippen molar-refractivity contribution in [2.45, 2.75) is 44.8 Å². The van der Waals surface area contributed by atoms with Crippen LogP contribution in [0.25, 0.3) is 10.9 Å². The van der Waals surface area contributed by atoms with Crippen LogP contribution in [-0.4, -0.2) is 68.4 Å². The van der Waals surface area contributed by atoms with Crippen LogP contribution < -0.4 is 21.7 Å². The molecule has 36 heavy (non-hydrogen) atoms. The van der Waals surface area contributed by atoms with Crippen LogP contribution in [0.15, 0.2) is 43.0 Å². The molecule has 0 aliphatic carbocycles. The number of hydrogen-bond donors (Lipinski definition) is 7. The molecule has 2 aromatic heterocycles. The summed E-state index contributed by atoms with van der Waals surface area (Å²) in [5.74, 6) is -3.12. The molecular formula is C24H31N7O5. The normalized spacial score (nSPS) is 13.7. The van der Waals surface area contributed by atoms with Gasteiger partial charge in [0, 0.05) is 41.8 Å². The fourth-order valence-electron chi connectivity index (χ4n) is 3.65. The van der Waals surface area contributed by atoms with Gasteiger partial charge in [0.2, 0.25) is 17.7 Å². The summed E-state index contributed by atoms with van der Waals surface area (Å²) >= 11 is 0. The van der Waals surface area contributed by atoms with Crippen molar-refractivity contribution in [1.82, 2.24) is 30.9 Å². The highest BCUT2D eigenvalue weighted by molar-refractivity contribution is 5.93. The van der Waals surface area contributed by atoms with Crippen LogP contribution in [-0.2, 0) is 32.0 Å². The van der Waals surface area contributed by atoms with Crippen LogP contribution in [0.1, 0.15) is 25.1 Å². The third-order valence-corrected chi connectivity index (χ3v) is 5.79. The Morgan fingerprint density at radius 3 is 2.44 bits per heavy atom. The first-order valence-electron chi connectivity index (χ1n) is 11.5. The first kappa shape index (κ1) is 26.4. The number of aliphatic carboxylic acids is 1. The lowest BCUT2D eigenvalue weighted by Crippen LogP contribution is -2.55. The number of amides is 3. The van der Waals surface area contributed by atoms with E-state index in [1.54, 1.807) is 20.0 Å². The van der Waals surface area contributed by atoms with E-state index in [0.717, 1.165) is 16.5 Å². The van der Waals surface area contributed by atoms with Gasteiger partial charge in [0.15, 0.2) is 0 Å². The molecule has 3 atom stereocenters. The average Bonchev–Trinajstić information content (AvgIpc) is 3.51. The van der Waals surface area contributed by atoms with Gasteiger partial charge in [-0.05, 0) is 17.5 Å². The van der Waals surface area contributed by atoms with Crippen LogP contribution in [0.2, 0.25) is 0 Å². The summed E-state index contributed by atoms with van der Waals surface area (Å²) in [7, 11) is 0. The van der Waals surface area contributed by atoms with Gasteiger partial charge in [-0.1, -0.05) is 32.0 Å². The number of imidazole rings is 1. The minimum Gasteiger partial charge on any atom is -0.480 e. The largest absolute Gasteiger partial charge is 0.480 e. The summed E-state index contributed by atoms with van der Waals surface area (Å²) < 4.78 is 0. The molecule has 0 bridgehead atoms. The minimum atomic E-state index is -1.25. The Hall–Kier alpha value is -4.19. The fourth-order valence-corrected chi connectivity index (χ4v) is 3.65. The number of aromatic amines is 2. The zero-order valence-corrected chi connectivity index (χ0v) is 20.1. The Bertz CT molecular complexity index is 1200. The molecule has 12 nitrogen and oxygen atoms in total. The summed E-state index contributed by atoms with van der Waals surface area (Å²) in [5, 5.41) is 18.1. The molecule has 0 saturated carbocycles. The molecule has 0 spiro atoms.